The maximum absolute atomic E-state index is 12.3. The second kappa shape index (κ2) is 5.85. The highest BCUT2D eigenvalue weighted by Crippen LogP contribution is 2.46. The van der Waals surface area contributed by atoms with Gasteiger partial charge in [0.2, 0.25) is 0 Å². The molecule has 2 N–H and O–H groups in total. The van der Waals surface area contributed by atoms with Crippen LogP contribution in [0, 0.1) is 10.8 Å². The van der Waals surface area contributed by atoms with E-state index in [4.69, 9.17) is 0 Å². The van der Waals surface area contributed by atoms with Gasteiger partial charge < -0.3 is 15.3 Å². The van der Waals surface area contributed by atoms with Crippen molar-refractivity contribution in [3.05, 3.63) is 0 Å². The lowest BCUT2D eigenvalue weighted by Crippen LogP contribution is -2.55. The molecule has 1 heterocycles. The first kappa shape index (κ1) is 16.1. The lowest BCUT2D eigenvalue weighted by Gasteiger charge is -2.40. The lowest BCUT2D eigenvalue weighted by atomic mass is 9.77. The van der Waals surface area contributed by atoms with Crippen molar-refractivity contribution in [2.75, 3.05) is 13.1 Å². The minimum Gasteiger partial charge on any atom is -0.480 e. The average Bonchev–Trinajstić information content (AvgIpc) is 2.83. The molecule has 2 fully saturated rings. The Morgan fingerprint density at radius 1 is 1.10 bits per heavy atom. The summed E-state index contributed by atoms with van der Waals surface area (Å²) in [5.74, 6) is -0.972. The van der Waals surface area contributed by atoms with Gasteiger partial charge in [0.05, 0.1) is 0 Å². The number of carboxylic acid groups (broad SMARTS) is 1. The molecule has 0 bridgehead atoms. The first-order valence-corrected chi connectivity index (χ1v) is 8.02. The number of carboxylic acids is 1. The van der Waals surface area contributed by atoms with Crippen LogP contribution in [-0.2, 0) is 4.79 Å². The fourth-order valence-electron chi connectivity index (χ4n) is 3.67. The predicted octanol–water partition coefficient (Wildman–Crippen LogP) is 2.85. The molecule has 0 aromatic heterocycles. The van der Waals surface area contributed by atoms with Crippen LogP contribution in [0.5, 0.6) is 0 Å². The molecule has 5 heteroatoms. The minimum atomic E-state index is -0.972. The van der Waals surface area contributed by atoms with E-state index in [2.05, 4.69) is 5.32 Å². The number of urea groups is 1. The Hall–Kier alpha value is -1.26. The number of hydrogen-bond acceptors (Lipinski definition) is 2. The molecule has 0 aromatic carbocycles. The van der Waals surface area contributed by atoms with E-state index in [0.29, 0.717) is 5.41 Å². The van der Waals surface area contributed by atoms with E-state index in [-0.39, 0.29) is 6.03 Å². The Balaban J connectivity index is 1.91. The summed E-state index contributed by atoms with van der Waals surface area (Å²) in [4.78, 5) is 25.4. The number of nitrogens with one attached hydrogen (secondary N) is 1. The van der Waals surface area contributed by atoms with Gasteiger partial charge in [0, 0.05) is 13.1 Å². The lowest BCUT2D eigenvalue weighted by molar-refractivity contribution is -0.142. The second-order valence-electron chi connectivity index (χ2n) is 7.78. The Labute approximate surface area is 127 Å². The van der Waals surface area contributed by atoms with Gasteiger partial charge in [-0.25, -0.2) is 9.59 Å². The molecule has 1 saturated carbocycles. The molecule has 1 spiro atoms. The van der Waals surface area contributed by atoms with Crippen molar-refractivity contribution in [1.29, 1.82) is 0 Å². The zero-order chi connectivity index (χ0) is 15.7. The van der Waals surface area contributed by atoms with Gasteiger partial charge in [-0.1, -0.05) is 33.6 Å². The van der Waals surface area contributed by atoms with Crippen molar-refractivity contribution < 1.29 is 14.7 Å². The molecule has 0 unspecified atom stereocenters. The third-order valence-corrected chi connectivity index (χ3v) is 5.16. The summed E-state index contributed by atoms with van der Waals surface area (Å²) in [5, 5.41) is 12.0. The number of piperidine rings is 1. The fraction of sp³-hybridized carbons (Fsp3) is 0.875. The molecule has 2 aliphatic rings. The Morgan fingerprint density at radius 2 is 1.62 bits per heavy atom. The van der Waals surface area contributed by atoms with Gasteiger partial charge in [0.25, 0.3) is 0 Å². The summed E-state index contributed by atoms with van der Waals surface area (Å²) in [7, 11) is 0. The number of aliphatic carboxylic acids is 1. The van der Waals surface area contributed by atoms with Crippen molar-refractivity contribution in [1.82, 2.24) is 10.2 Å². The monoisotopic (exact) mass is 296 g/mol. The predicted molar refractivity (Wildman–Crippen MR) is 81.1 cm³/mol. The number of amides is 2. The molecule has 0 radical (unpaired) electrons. The smallest absolute Gasteiger partial charge is 0.326 e. The van der Waals surface area contributed by atoms with Crippen molar-refractivity contribution in [3.8, 4) is 0 Å². The van der Waals surface area contributed by atoms with Crippen LogP contribution < -0.4 is 5.32 Å². The highest BCUT2D eigenvalue weighted by molar-refractivity contribution is 5.83. The second-order valence-corrected chi connectivity index (χ2v) is 7.78. The van der Waals surface area contributed by atoms with Crippen LogP contribution in [0.1, 0.15) is 59.3 Å². The van der Waals surface area contributed by atoms with Crippen LogP contribution in [0.15, 0.2) is 0 Å². The molecule has 2 rings (SSSR count). The highest BCUT2D eigenvalue weighted by Gasteiger charge is 2.39. The summed E-state index contributed by atoms with van der Waals surface area (Å²) in [6, 6.07) is -1.09. The van der Waals surface area contributed by atoms with E-state index in [1.54, 1.807) is 4.90 Å². The van der Waals surface area contributed by atoms with Crippen LogP contribution in [0.3, 0.4) is 0 Å². The normalized spacial score (nSPS) is 23.1. The van der Waals surface area contributed by atoms with Crippen LogP contribution >= 0.6 is 0 Å². The number of carbonyl (C=O) groups is 2. The zero-order valence-electron chi connectivity index (χ0n) is 13.4. The van der Waals surface area contributed by atoms with E-state index in [0.717, 1.165) is 25.9 Å². The Morgan fingerprint density at radius 3 is 2.05 bits per heavy atom. The molecule has 1 saturated heterocycles. The quantitative estimate of drug-likeness (QED) is 0.823. The van der Waals surface area contributed by atoms with E-state index >= 15 is 0 Å². The van der Waals surface area contributed by atoms with Crippen LogP contribution in [0.25, 0.3) is 0 Å². The first-order chi connectivity index (χ1) is 9.73. The number of nitrogens with zero attached hydrogens (tertiary/aromatic N) is 1. The molecule has 1 aliphatic heterocycles. The SMILES string of the molecule is CC(C)(C)[C@H](NC(=O)N1CCC2(CCCC2)CC1)C(=O)O. The van der Waals surface area contributed by atoms with Crippen molar-refractivity contribution in [2.24, 2.45) is 10.8 Å². The third kappa shape index (κ3) is 3.69. The molecule has 0 aromatic rings. The van der Waals surface area contributed by atoms with Crippen molar-refractivity contribution in [3.63, 3.8) is 0 Å². The van der Waals surface area contributed by atoms with E-state index in [9.17, 15) is 14.7 Å². The summed E-state index contributed by atoms with van der Waals surface area (Å²) in [6.45, 7) is 6.99. The van der Waals surface area contributed by atoms with Crippen molar-refractivity contribution >= 4 is 12.0 Å². The largest absolute Gasteiger partial charge is 0.480 e. The van der Waals surface area contributed by atoms with Crippen LogP contribution in [0.4, 0.5) is 4.79 Å². The van der Waals surface area contributed by atoms with Gasteiger partial charge in [-0.15, -0.1) is 0 Å². The zero-order valence-corrected chi connectivity index (χ0v) is 13.4. The highest BCUT2D eigenvalue weighted by atomic mass is 16.4. The summed E-state index contributed by atoms with van der Waals surface area (Å²) in [6.07, 6.45) is 7.35. The number of rotatable bonds is 2. The Kier molecular flexibility index (Phi) is 4.49. The molecule has 5 nitrogen and oxygen atoms in total. The molecule has 21 heavy (non-hydrogen) atoms. The third-order valence-electron chi connectivity index (χ3n) is 5.16. The van der Waals surface area contributed by atoms with Gasteiger partial charge in [-0.3, -0.25) is 0 Å². The number of likely N-dealkylation sites (tertiary alicyclic amines) is 1. The van der Waals surface area contributed by atoms with Crippen molar-refractivity contribution in [2.45, 2.75) is 65.3 Å². The minimum absolute atomic E-state index is 0.231. The molecule has 1 aliphatic carbocycles. The van der Waals surface area contributed by atoms with Gasteiger partial charge in [0.15, 0.2) is 0 Å². The summed E-state index contributed by atoms with van der Waals surface area (Å²) >= 11 is 0. The Bertz CT molecular complexity index is 398. The first-order valence-electron chi connectivity index (χ1n) is 8.02. The van der Waals surface area contributed by atoms with Crippen LogP contribution in [-0.4, -0.2) is 41.1 Å². The fourth-order valence-corrected chi connectivity index (χ4v) is 3.67. The average molecular weight is 296 g/mol. The van der Waals surface area contributed by atoms with Gasteiger partial charge >= 0.3 is 12.0 Å². The molecule has 120 valence electrons. The van der Waals surface area contributed by atoms with E-state index < -0.39 is 17.4 Å². The maximum Gasteiger partial charge on any atom is 0.326 e. The number of carbonyl (C=O) groups excluding carboxylic acids is 1. The maximum atomic E-state index is 12.3. The summed E-state index contributed by atoms with van der Waals surface area (Å²) < 4.78 is 0. The standard InChI is InChI=1S/C16H28N2O3/c1-15(2,3)12(13(19)20)17-14(21)18-10-8-16(9-11-18)6-4-5-7-16/h12H,4-11H2,1-3H3,(H,17,21)(H,19,20)/t12-/m1/s1. The molecule has 1 atom stereocenters. The molecular formula is C16H28N2O3. The number of hydrogen-bond donors (Lipinski definition) is 2. The van der Waals surface area contributed by atoms with E-state index in [1.807, 2.05) is 20.8 Å². The molecular weight excluding hydrogens is 268 g/mol. The van der Waals surface area contributed by atoms with E-state index in [1.165, 1.54) is 25.7 Å². The van der Waals surface area contributed by atoms with Crippen LogP contribution in [0.2, 0.25) is 0 Å². The van der Waals surface area contributed by atoms with Gasteiger partial charge in [-0.2, -0.15) is 0 Å². The van der Waals surface area contributed by atoms with Gasteiger partial charge in [0.1, 0.15) is 6.04 Å². The van der Waals surface area contributed by atoms with Gasteiger partial charge in [-0.05, 0) is 36.5 Å². The topological polar surface area (TPSA) is 69.6 Å². The summed E-state index contributed by atoms with van der Waals surface area (Å²) in [5.41, 5.74) is -0.0308. The molecule has 2 amide bonds.